The van der Waals surface area contributed by atoms with Crippen LogP contribution in [0.2, 0.25) is 0 Å². The van der Waals surface area contributed by atoms with Gasteiger partial charge in [-0.2, -0.15) is 0 Å². The first-order chi connectivity index (χ1) is 11.7. The first-order valence-electron chi connectivity index (χ1n) is 9.15. The molecule has 3 rings (SSSR count). The van der Waals surface area contributed by atoms with Gasteiger partial charge in [0.05, 0.1) is 5.69 Å². The Hall–Kier alpha value is -1.88. The molecule has 1 N–H and O–H groups in total. The smallest absolute Gasteiger partial charge is 0.220 e. The van der Waals surface area contributed by atoms with Crippen molar-refractivity contribution in [3.63, 3.8) is 0 Å². The average Bonchev–Trinajstić information content (AvgIpc) is 3.19. The van der Waals surface area contributed by atoms with Gasteiger partial charge in [-0.25, -0.2) is 4.98 Å². The number of nitrogens with zero attached hydrogens (tertiary/aromatic N) is 3. The van der Waals surface area contributed by atoms with Crippen molar-refractivity contribution in [3.05, 3.63) is 35.8 Å². The average molecular weight is 328 g/mol. The SMILES string of the molecule is Cc1nc2ccccn2c1CCC(=O)NCCCCN1CCCC1. The van der Waals surface area contributed by atoms with Crippen LogP contribution in [0, 0.1) is 6.92 Å². The van der Waals surface area contributed by atoms with Gasteiger partial charge in [0.2, 0.25) is 5.91 Å². The fraction of sp³-hybridized carbons (Fsp3) is 0.579. The minimum atomic E-state index is 0.140. The van der Waals surface area contributed by atoms with E-state index in [9.17, 15) is 4.79 Å². The van der Waals surface area contributed by atoms with E-state index >= 15 is 0 Å². The number of imidazole rings is 1. The normalized spacial score (nSPS) is 15.2. The summed E-state index contributed by atoms with van der Waals surface area (Å²) in [7, 11) is 0. The molecule has 0 radical (unpaired) electrons. The summed E-state index contributed by atoms with van der Waals surface area (Å²) >= 11 is 0. The second-order valence-electron chi connectivity index (χ2n) is 6.68. The molecule has 1 fully saturated rings. The minimum absolute atomic E-state index is 0.140. The summed E-state index contributed by atoms with van der Waals surface area (Å²) < 4.78 is 2.08. The molecule has 0 saturated carbocycles. The van der Waals surface area contributed by atoms with Crippen molar-refractivity contribution in [2.75, 3.05) is 26.2 Å². The number of fused-ring (bicyclic) bond motifs is 1. The molecule has 24 heavy (non-hydrogen) atoms. The van der Waals surface area contributed by atoms with Crippen LogP contribution in [0.25, 0.3) is 5.65 Å². The summed E-state index contributed by atoms with van der Waals surface area (Å²) in [5.41, 5.74) is 3.10. The van der Waals surface area contributed by atoms with E-state index in [2.05, 4.69) is 19.6 Å². The van der Waals surface area contributed by atoms with Gasteiger partial charge in [-0.05, 0) is 70.8 Å². The highest BCUT2D eigenvalue weighted by molar-refractivity contribution is 5.76. The number of pyridine rings is 1. The van der Waals surface area contributed by atoms with Crippen molar-refractivity contribution in [3.8, 4) is 0 Å². The summed E-state index contributed by atoms with van der Waals surface area (Å²) in [5.74, 6) is 0.140. The molecule has 0 unspecified atom stereocenters. The molecule has 1 aliphatic rings. The number of hydrogen-bond acceptors (Lipinski definition) is 3. The second kappa shape index (κ2) is 8.29. The molecule has 2 aromatic heterocycles. The molecule has 2 aromatic rings. The number of aryl methyl sites for hydroxylation is 2. The number of rotatable bonds is 8. The van der Waals surface area contributed by atoms with Crippen LogP contribution in [-0.2, 0) is 11.2 Å². The Morgan fingerprint density at radius 1 is 1.25 bits per heavy atom. The Labute approximate surface area is 144 Å². The lowest BCUT2D eigenvalue weighted by Crippen LogP contribution is -2.26. The largest absolute Gasteiger partial charge is 0.356 e. The Balaban J connectivity index is 1.36. The molecule has 1 amide bonds. The molecule has 0 aliphatic carbocycles. The molecule has 0 bridgehead atoms. The van der Waals surface area contributed by atoms with E-state index in [1.54, 1.807) is 0 Å². The molecule has 1 saturated heterocycles. The number of nitrogens with one attached hydrogen (secondary N) is 1. The van der Waals surface area contributed by atoms with E-state index in [0.717, 1.165) is 36.4 Å². The lowest BCUT2D eigenvalue weighted by atomic mass is 10.2. The van der Waals surface area contributed by atoms with E-state index < -0.39 is 0 Å². The van der Waals surface area contributed by atoms with Crippen molar-refractivity contribution in [1.82, 2.24) is 19.6 Å². The number of unbranched alkanes of at least 4 members (excludes halogenated alkanes) is 1. The van der Waals surface area contributed by atoms with E-state index in [4.69, 9.17) is 0 Å². The van der Waals surface area contributed by atoms with Gasteiger partial charge < -0.3 is 14.6 Å². The summed E-state index contributed by atoms with van der Waals surface area (Å²) in [6, 6.07) is 5.98. The molecule has 0 atom stereocenters. The number of carbonyl (C=O) groups is 1. The van der Waals surface area contributed by atoms with Crippen molar-refractivity contribution in [2.24, 2.45) is 0 Å². The summed E-state index contributed by atoms with van der Waals surface area (Å²) in [6.07, 6.45) is 8.20. The predicted octanol–water partition coefficient (Wildman–Crippen LogP) is 2.57. The van der Waals surface area contributed by atoms with Crippen LogP contribution in [0.3, 0.4) is 0 Å². The molecule has 5 heteroatoms. The number of likely N-dealkylation sites (tertiary alicyclic amines) is 1. The maximum Gasteiger partial charge on any atom is 0.220 e. The highest BCUT2D eigenvalue weighted by atomic mass is 16.1. The van der Waals surface area contributed by atoms with E-state index in [0.29, 0.717) is 6.42 Å². The first kappa shape index (κ1) is 17.0. The van der Waals surface area contributed by atoms with Crippen molar-refractivity contribution < 1.29 is 4.79 Å². The third kappa shape index (κ3) is 4.35. The highest BCUT2D eigenvalue weighted by Gasteiger charge is 2.11. The van der Waals surface area contributed by atoms with E-state index in [1.165, 1.54) is 38.9 Å². The predicted molar refractivity (Wildman–Crippen MR) is 96.2 cm³/mol. The van der Waals surface area contributed by atoms with Crippen LogP contribution < -0.4 is 5.32 Å². The third-order valence-electron chi connectivity index (χ3n) is 4.84. The number of aromatic nitrogens is 2. The Morgan fingerprint density at radius 3 is 2.92 bits per heavy atom. The van der Waals surface area contributed by atoms with Crippen molar-refractivity contribution in [2.45, 2.75) is 45.4 Å². The van der Waals surface area contributed by atoms with Gasteiger partial charge in [0.25, 0.3) is 0 Å². The van der Waals surface area contributed by atoms with Crippen LogP contribution in [0.4, 0.5) is 0 Å². The zero-order valence-electron chi connectivity index (χ0n) is 14.6. The van der Waals surface area contributed by atoms with E-state index in [-0.39, 0.29) is 5.91 Å². The zero-order chi connectivity index (χ0) is 16.8. The van der Waals surface area contributed by atoms with Gasteiger partial charge in [-0.1, -0.05) is 6.07 Å². The summed E-state index contributed by atoms with van der Waals surface area (Å²) in [6.45, 7) is 6.49. The molecule has 3 heterocycles. The molecule has 130 valence electrons. The van der Waals surface area contributed by atoms with Gasteiger partial charge in [-0.15, -0.1) is 0 Å². The van der Waals surface area contributed by atoms with Crippen LogP contribution in [0.1, 0.15) is 43.5 Å². The maximum absolute atomic E-state index is 12.1. The van der Waals surface area contributed by atoms with Gasteiger partial charge in [0.1, 0.15) is 5.65 Å². The molecule has 5 nitrogen and oxygen atoms in total. The van der Waals surface area contributed by atoms with Crippen molar-refractivity contribution >= 4 is 11.6 Å². The van der Waals surface area contributed by atoms with Gasteiger partial charge in [0.15, 0.2) is 0 Å². The number of amides is 1. The van der Waals surface area contributed by atoms with Gasteiger partial charge >= 0.3 is 0 Å². The molecule has 1 aliphatic heterocycles. The topological polar surface area (TPSA) is 49.6 Å². The van der Waals surface area contributed by atoms with E-state index in [1.807, 2.05) is 31.3 Å². The molecular formula is C19H28N4O. The molecule has 0 aromatic carbocycles. The van der Waals surface area contributed by atoms with Crippen LogP contribution in [-0.4, -0.2) is 46.4 Å². The highest BCUT2D eigenvalue weighted by Crippen LogP contribution is 2.13. The molecule has 0 spiro atoms. The Kier molecular flexibility index (Phi) is 5.86. The minimum Gasteiger partial charge on any atom is -0.356 e. The van der Waals surface area contributed by atoms with Gasteiger partial charge in [-0.3, -0.25) is 4.79 Å². The summed E-state index contributed by atoms with van der Waals surface area (Å²) in [5, 5.41) is 3.05. The standard InChI is InChI=1S/C19H28N4O/c1-16-17(23-15-4-2-8-18(23)21-16)9-10-19(24)20-11-3-5-12-22-13-6-7-14-22/h2,4,8,15H,3,5-7,9-14H2,1H3,(H,20,24). The van der Waals surface area contributed by atoms with Crippen molar-refractivity contribution in [1.29, 1.82) is 0 Å². The third-order valence-corrected chi connectivity index (χ3v) is 4.84. The summed E-state index contributed by atoms with van der Waals surface area (Å²) in [4.78, 5) is 19.1. The molecular weight excluding hydrogens is 300 g/mol. The maximum atomic E-state index is 12.1. The first-order valence-corrected chi connectivity index (χ1v) is 9.15. The number of carbonyl (C=O) groups excluding carboxylic acids is 1. The quantitative estimate of drug-likeness (QED) is 0.758. The Morgan fingerprint density at radius 2 is 2.08 bits per heavy atom. The van der Waals surface area contributed by atoms with Crippen LogP contribution in [0.15, 0.2) is 24.4 Å². The van der Waals surface area contributed by atoms with Gasteiger partial charge in [0, 0.05) is 24.9 Å². The Bertz CT molecular complexity index is 673. The lowest BCUT2D eigenvalue weighted by Gasteiger charge is -2.14. The monoisotopic (exact) mass is 328 g/mol. The second-order valence-corrected chi connectivity index (χ2v) is 6.68. The van der Waals surface area contributed by atoms with Crippen LogP contribution >= 0.6 is 0 Å². The van der Waals surface area contributed by atoms with Crippen LogP contribution in [0.5, 0.6) is 0 Å². The fourth-order valence-corrected chi connectivity index (χ4v) is 3.48. The number of hydrogen-bond donors (Lipinski definition) is 1. The lowest BCUT2D eigenvalue weighted by molar-refractivity contribution is -0.121. The zero-order valence-corrected chi connectivity index (χ0v) is 14.6. The fourth-order valence-electron chi connectivity index (χ4n) is 3.48.